The number of methoxy groups -OCH3 is 1. The Morgan fingerprint density at radius 3 is 2.68 bits per heavy atom. The van der Waals surface area contributed by atoms with Crippen molar-refractivity contribution in [3.05, 3.63) is 35.3 Å². The number of hydrogen-bond acceptors (Lipinski definition) is 8. The van der Waals surface area contributed by atoms with Crippen molar-refractivity contribution in [2.24, 2.45) is 17.5 Å². The summed E-state index contributed by atoms with van der Waals surface area (Å²) in [6.07, 6.45) is 5.41. The zero-order chi connectivity index (χ0) is 22.1. The maximum atomic E-state index is 10.1. The molecule has 166 valence electrons. The van der Waals surface area contributed by atoms with Gasteiger partial charge < -0.3 is 29.9 Å². The van der Waals surface area contributed by atoms with Gasteiger partial charge in [-0.1, -0.05) is 0 Å². The van der Waals surface area contributed by atoms with Crippen LogP contribution in [0, 0.1) is 5.92 Å². The largest absolute Gasteiger partial charge is 0.480 e. The molecule has 9 heteroatoms. The van der Waals surface area contributed by atoms with Crippen LogP contribution in [0.3, 0.4) is 0 Å². The zero-order valence-corrected chi connectivity index (χ0v) is 18.3. The summed E-state index contributed by atoms with van der Waals surface area (Å²) in [6, 6.07) is 2.05. The number of aromatic nitrogens is 3. The summed E-state index contributed by atoms with van der Waals surface area (Å²) in [4.78, 5) is 9.18. The van der Waals surface area contributed by atoms with Gasteiger partial charge in [-0.15, -0.1) is 0 Å². The lowest BCUT2D eigenvalue weighted by atomic mass is 10.00. The maximum Gasteiger partial charge on any atom is 0.224 e. The number of fused-ring (bicyclic) bond motifs is 3. The minimum absolute atomic E-state index is 0.122. The molecule has 0 unspecified atom stereocenters. The quantitative estimate of drug-likeness (QED) is 0.404. The first-order valence-corrected chi connectivity index (χ1v) is 10.4. The van der Waals surface area contributed by atoms with Crippen LogP contribution in [0.5, 0.6) is 5.88 Å². The molecular weight excluding hydrogens is 396 g/mol. The van der Waals surface area contributed by atoms with Gasteiger partial charge in [0, 0.05) is 56.0 Å². The number of aliphatic hydroxyl groups is 1. The first kappa shape index (κ1) is 21.4. The van der Waals surface area contributed by atoms with Crippen molar-refractivity contribution in [3.8, 4) is 5.88 Å². The van der Waals surface area contributed by atoms with Crippen LogP contribution in [-0.4, -0.2) is 52.0 Å². The van der Waals surface area contributed by atoms with E-state index in [0.29, 0.717) is 23.2 Å². The second-order valence-corrected chi connectivity index (χ2v) is 8.08. The van der Waals surface area contributed by atoms with Crippen molar-refractivity contribution in [1.29, 1.82) is 0 Å². The lowest BCUT2D eigenvalue weighted by Gasteiger charge is -2.24. The van der Waals surface area contributed by atoms with Crippen molar-refractivity contribution in [2.45, 2.75) is 32.9 Å². The molecule has 0 atom stereocenters. The Bertz CT molecular complexity index is 1130. The van der Waals surface area contributed by atoms with Gasteiger partial charge in [0.05, 0.1) is 35.8 Å². The van der Waals surface area contributed by atoms with Gasteiger partial charge in [-0.25, -0.2) is 10.8 Å². The highest BCUT2D eigenvalue weighted by Gasteiger charge is 2.24. The van der Waals surface area contributed by atoms with Crippen LogP contribution in [0.2, 0.25) is 0 Å². The maximum absolute atomic E-state index is 10.1. The number of allylic oxidation sites excluding steroid dienone is 1. The summed E-state index contributed by atoms with van der Waals surface area (Å²) in [5.74, 6) is 7.01. The van der Waals surface area contributed by atoms with E-state index in [1.807, 2.05) is 6.92 Å². The molecule has 0 spiro atoms. The Morgan fingerprint density at radius 1 is 1.32 bits per heavy atom. The van der Waals surface area contributed by atoms with Gasteiger partial charge in [0.15, 0.2) is 0 Å². The minimum atomic E-state index is -0.122. The molecule has 0 bridgehead atoms. The van der Waals surface area contributed by atoms with Crippen LogP contribution in [0.1, 0.15) is 30.9 Å². The van der Waals surface area contributed by atoms with Crippen molar-refractivity contribution < 1.29 is 14.6 Å². The number of nitrogens with two attached hydrogens (primary N) is 2. The molecule has 1 aliphatic heterocycles. The highest BCUT2D eigenvalue weighted by atomic mass is 16.5. The third-order valence-corrected chi connectivity index (χ3v) is 5.90. The van der Waals surface area contributed by atoms with E-state index in [9.17, 15) is 5.11 Å². The Hall–Kier alpha value is -2.88. The number of pyridine rings is 2. The summed E-state index contributed by atoms with van der Waals surface area (Å²) in [5.41, 5.74) is 11.6. The second-order valence-electron chi connectivity index (χ2n) is 8.08. The number of ether oxygens (including phenoxy) is 2. The first-order chi connectivity index (χ1) is 15.0. The van der Waals surface area contributed by atoms with Crippen molar-refractivity contribution >= 4 is 27.6 Å². The van der Waals surface area contributed by atoms with Crippen molar-refractivity contribution in [2.75, 3.05) is 27.4 Å². The zero-order valence-electron chi connectivity index (χ0n) is 18.3. The minimum Gasteiger partial charge on any atom is -0.480 e. The average molecular weight is 427 g/mol. The Labute approximate surface area is 181 Å². The Morgan fingerprint density at radius 2 is 2.06 bits per heavy atom. The van der Waals surface area contributed by atoms with Gasteiger partial charge in [-0.2, -0.15) is 0 Å². The lowest BCUT2D eigenvalue weighted by molar-refractivity contribution is 0.0619. The van der Waals surface area contributed by atoms with Crippen LogP contribution >= 0.6 is 0 Å². The third kappa shape index (κ3) is 3.80. The molecule has 3 aromatic rings. The van der Waals surface area contributed by atoms with Gasteiger partial charge in [-0.3, -0.25) is 4.98 Å². The smallest absolute Gasteiger partial charge is 0.224 e. The van der Waals surface area contributed by atoms with E-state index in [0.717, 1.165) is 65.7 Å². The van der Waals surface area contributed by atoms with Crippen LogP contribution in [0.4, 0.5) is 0 Å². The number of aliphatic hydroxyl groups excluding tert-OH is 1. The highest BCUT2D eigenvalue weighted by molar-refractivity contribution is 6.09. The SMILES string of the molecule is COc1ncc(CO)c2c1c1ncc(/C(=C(\C)N)N(C)N)cc1n2CC1CCOCC1. The molecule has 0 aromatic carbocycles. The predicted octanol–water partition coefficient (Wildman–Crippen LogP) is 1.96. The Balaban J connectivity index is 2.02. The van der Waals surface area contributed by atoms with E-state index in [-0.39, 0.29) is 6.61 Å². The van der Waals surface area contributed by atoms with Gasteiger partial charge >= 0.3 is 0 Å². The normalized spacial score (nSPS) is 16.0. The summed E-state index contributed by atoms with van der Waals surface area (Å²) < 4.78 is 13.3. The van der Waals surface area contributed by atoms with Crippen molar-refractivity contribution in [3.63, 3.8) is 0 Å². The van der Waals surface area contributed by atoms with Crippen LogP contribution in [0.25, 0.3) is 27.6 Å². The highest BCUT2D eigenvalue weighted by Crippen LogP contribution is 2.37. The standard InChI is InChI=1S/C22H30N6O3/c1-13(23)20(27(2)24)15-8-17-19(25-9-15)18-21(16(12-29)10-26-22(18)30-3)28(17)11-14-4-6-31-7-5-14/h8-10,14,29H,4-7,11-12,23-24H2,1-3H3/b20-13-. The summed E-state index contributed by atoms with van der Waals surface area (Å²) in [6.45, 7) is 4.01. The molecule has 1 fully saturated rings. The molecule has 0 radical (unpaired) electrons. The predicted molar refractivity (Wildman–Crippen MR) is 120 cm³/mol. The molecule has 1 aliphatic rings. The van der Waals surface area contributed by atoms with Gasteiger partial charge in [0.25, 0.3) is 0 Å². The fourth-order valence-corrected chi connectivity index (χ4v) is 4.50. The molecule has 0 aliphatic carbocycles. The summed E-state index contributed by atoms with van der Waals surface area (Å²) >= 11 is 0. The first-order valence-electron chi connectivity index (χ1n) is 10.4. The lowest BCUT2D eigenvalue weighted by Crippen LogP contribution is -2.26. The third-order valence-electron chi connectivity index (χ3n) is 5.90. The van der Waals surface area contributed by atoms with E-state index >= 15 is 0 Å². The molecule has 4 heterocycles. The summed E-state index contributed by atoms with van der Waals surface area (Å²) in [5, 5.41) is 12.4. The molecule has 5 N–H and O–H groups in total. The van der Waals surface area contributed by atoms with Gasteiger partial charge in [-0.05, 0) is 31.7 Å². The van der Waals surface area contributed by atoms with Crippen LogP contribution in [0.15, 0.2) is 24.2 Å². The molecule has 0 saturated carbocycles. The number of hydrogen-bond donors (Lipinski definition) is 3. The van der Waals surface area contributed by atoms with E-state index in [4.69, 9.17) is 26.0 Å². The molecular formula is C22H30N6O3. The fraction of sp³-hybridized carbons (Fsp3) is 0.455. The Kier molecular flexibility index (Phi) is 5.99. The second kappa shape index (κ2) is 8.70. The molecule has 31 heavy (non-hydrogen) atoms. The molecule has 0 amide bonds. The molecule has 3 aromatic heterocycles. The van der Waals surface area contributed by atoms with Gasteiger partial charge in [0.1, 0.15) is 5.52 Å². The van der Waals surface area contributed by atoms with Crippen LogP contribution in [-0.2, 0) is 17.9 Å². The molecule has 1 saturated heterocycles. The van der Waals surface area contributed by atoms with E-state index in [2.05, 4.69) is 15.6 Å². The van der Waals surface area contributed by atoms with E-state index in [1.54, 1.807) is 26.6 Å². The monoisotopic (exact) mass is 426 g/mol. The average Bonchev–Trinajstić information content (AvgIpc) is 3.07. The van der Waals surface area contributed by atoms with Crippen molar-refractivity contribution in [1.82, 2.24) is 19.5 Å². The van der Waals surface area contributed by atoms with E-state index < -0.39 is 0 Å². The number of rotatable bonds is 6. The molecule has 9 nitrogen and oxygen atoms in total. The van der Waals surface area contributed by atoms with E-state index in [1.165, 1.54) is 5.01 Å². The van der Waals surface area contributed by atoms with Gasteiger partial charge in [0.2, 0.25) is 5.88 Å². The van der Waals surface area contributed by atoms with Crippen LogP contribution < -0.4 is 16.3 Å². The molecule has 4 rings (SSSR count). The fourth-order valence-electron chi connectivity index (χ4n) is 4.50. The summed E-state index contributed by atoms with van der Waals surface area (Å²) in [7, 11) is 3.35. The number of nitrogens with zero attached hydrogens (tertiary/aromatic N) is 4. The number of hydrazine groups is 1. The topological polar surface area (TPSA) is 125 Å².